The second kappa shape index (κ2) is 6.53. The molecule has 0 spiro atoms. The first-order valence-electron chi connectivity index (χ1n) is 6.69. The van der Waals surface area contributed by atoms with Crippen LogP contribution in [0.3, 0.4) is 0 Å². The molecule has 3 heterocycles. The third-order valence-electron chi connectivity index (χ3n) is 3.04. The fourth-order valence-corrected chi connectivity index (χ4v) is 2.84. The van der Waals surface area contributed by atoms with Crippen molar-refractivity contribution in [3.8, 4) is 0 Å². The number of hydrogen-bond acceptors (Lipinski definition) is 5. The molecule has 0 saturated carbocycles. The summed E-state index contributed by atoms with van der Waals surface area (Å²) in [5.74, 6) is 0.843. The maximum absolute atomic E-state index is 4.33. The molecular formula is C14H16N6S. The zero-order valence-electron chi connectivity index (χ0n) is 11.8. The van der Waals surface area contributed by atoms with E-state index in [1.807, 2.05) is 48.5 Å². The van der Waals surface area contributed by atoms with Gasteiger partial charge in [0.25, 0.3) is 0 Å². The normalized spacial score (nSPS) is 10.9. The van der Waals surface area contributed by atoms with Gasteiger partial charge in [0.2, 0.25) is 0 Å². The molecular weight excluding hydrogens is 284 g/mol. The van der Waals surface area contributed by atoms with Crippen molar-refractivity contribution in [1.82, 2.24) is 29.5 Å². The van der Waals surface area contributed by atoms with E-state index in [0.29, 0.717) is 0 Å². The Morgan fingerprint density at radius 2 is 2.24 bits per heavy atom. The molecule has 0 aromatic carbocycles. The van der Waals surface area contributed by atoms with E-state index in [-0.39, 0.29) is 0 Å². The predicted octanol–water partition coefficient (Wildman–Crippen LogP) is 1.94. The third kappa shape index (κ3) is 3.69. The molecule has 0 aliphatic carbocycles. The lowest BCUT2D eigenvalue weighted by Crippen LogP contribution is -2.03. The van der Waals surface area contributed by atoms with Crippen LogP contribution in [0.15, 0.2) is 48.3 Å². The summed E-state index contributed by atoms with van der Waals surface area (Å²) in [7, 11) is 1.92. The van der Waals surface area contributed by atoms with Gasteiger partial charge in [0.15, 0.2) is 5.16 Å². The number of rotatable bonds is 6. The van der Waals surface area contributed by atoms with Crippen molar-refractivity contribution >= 4 is 11.8 Å². The molecule has 3 aromatic rings. The molecule has 0 amide bonds. The largest absolute Gasteiger partial charge is 0.308 e. The maximum Gasteiger partial charge on any atom is 0.191 e. The van der Waals surface area contributed by atoms with E-state index in [2.05, 4.69) is 24.8 Å². The predicted molar refractivity (Wildman–Crippen MR) is 80.7 cm³/mol. The van der Waals surface area contributed by atoms with E-state index in [9.17, 15) is 0 Å². The van der Waals surface area contributed by atoms with E-state index >= 15 is 0 Å². The molecule has 0 fully saturated rings. The number of aryl methyl sites for hydroxylation is 3. The Morgan fingerprint density at radius 3 is 3.00 bits per heavy atom. The van der Waals surface area contributed by atoms with Gasteiger partial charge in [-0.25, -0.2) is 0 Å². The molecule has 0 atom stereocenters. The first kappa shape index (κ1) is 13.8. The minimum Gasteiger partial charge on any atom is -0.308 e. The van der Waals surface area contributed by atoms with Crippen LogP contribution in [-0.4, -0.2) is 29.5 Å². The van der Waals surface area contributed by atoms with Gasteiger partial charge in [-0.3, -0.25) is 9.67 Å². The minimum absolute atomic E-state index is 0.833. The van der Waals surface area contributed by atoms with Crippen molar-refractivity contribution in [3.63, 3.8) is 0 Å². The second-order valence-electron chi connectivity index (χ2n) is 4.69. The maximum atomic E-state index is 4.33. The van der Waals surface area contributed by atoms with Crippen LogP contribution in [0.5, 0.6) is 0 Å². The average Bonchev–Trinajstić information content (AvgIpc) is 3.12. The summed E-state index contributed by atoms with van der Waals surface area (Å²) in [6.45, 7) is 0.833. The molecule has 3 rings (SSSR count). The Morgan fingerprint density at radius 1 is 1.29 bits per heavy atom. The van der Waals surface area contributed by atoms with Gasteiger partial charge < -0.3 is 4.57 Å². The van der Waals surface area contributed by atoms with Crippen molar-refractivity contribution in [3.05, 3.63) is 54.4 Å². The van der Waals surface area contributed by atoms with Crippen molar-refractivity contribution < 1.29 is 0 Å². The lowest BCUT2D eigenvalue weighted by Gasteiger charge is -2.05. The molecule has 0 N–H and O–H groups in total. The molecule has 3 aromatic heterocycles. The van der Waals surface area contributed by atoms with Crippen molar-refractivity contribution in [2.24, 2.45) is 7.05 Å². The first-order valence-corrected chi connectivity index (χ1v) is 7.68. The van der Waals surface area contributed by atoms with Gasteiger partial charge in [-0.1, -0.05) is 17.8 Å². The Hall–Kier alpha value is -2.15. The second-order valence-corrected chi connectivity index (χ2v) is 5.63. The fourth-order valence-electron chi connectivity index (χ4n) is 1.98. The van der Waals surface area contributed by atoms with Crippen LogP contribution in [-0.2, 0) is 25.8 Å². The SMILES string of the molecule is Cn1cc(CSc2nncn2CCc2ccccn2)cn1. The molecule has 0 radical (unpaired) electrons. The standard InChI is InChI=1S/C14H16N6S/c1-19-9-12(8-17-19)10-21-14-18-16-11-20(14)7-5-13-4-2-3-6-15-13/h2-4,6,8-9,11H,5,7,10H2,1H3. The van der Waals surface area contributed by atoms with Crippen LogP contribution in [0.1, 0.15) is 11.3 Å². The summed E-state index contributed by atoms with van der Waals surface area (Å²) >= 11 is 1.67. The van der Waals surface area contributed by atoms with Crippen molar-refractivity contribution in [1.29, 1.82) is 0 Å². The highest BCUT2D eigenvalue weighted by molar-refractivity contribution is 7.98. The van der Waals surface area contributed by atoms with E-state index in [1.165, 1.54) is 5.56 Å². The highest BCUT2D eigenvalue weighted by atomic mass is 32.2. The van der Waals surface area contributed by atoms with Crippen molar-refractivity contribution in [2.45, 2.75) is 23.9 Å². The Balaban J connectivity index is 1.58. The zero-order valence-corrected chi connectivity index (χ0v) is 12.6. The quantitative estimate of drug-likeness (QED) is 0.651. The first-order chi connectivity index (χ1) is 10.3. The molecule has 0 bridgehead atoms. The van der Waals surface area contributed by atoms with Crippen LogP contribution in [0.2, 0.25) is 0 Å². The van der Waals surface area contributed by atoms with Crippen LogP contribution >= 0.6 is 11.8 Å². The summed E-state index contributed by atoms with van der Waals surface area (Å²) in [6.07, 6.45) is 8.36. The van der Waals surface area contributed by atoms with E-state index < -0.39 is 0 Å². The van der Waals surface area contributed by atoms with E-state index in [4.69, 9.17) is 0 Å². The Labute approximate surface area is 127 Å². The Kier molecular flexibility index (Phi) is 4.30. The summed E-state index contributed by atoms with van der Waals surface area (Å²) < 4.78 is 3.87. The van der Waals surface area contributed by atoms with Gasteiger partial charge in [-0.05, 0) is 12.1 Å². The van der Waals surface area contributed by atoms with E-state index in [1.54, 1.807) is 18.1 Å². The molecule has 108 valence electrons. The van der Waals surface area contributed by atoms with Crippen LogP contribution < -0.4 is 0 Å². The number of aromatic nitrogens is 6. The van der Waals surface area contributed by atoms with E-state index in [0.717, 1.165) is 29.6 Å². The average molecular weight is 300 g/mol. The van der Waals surface area contributed by atoms with Crippen molar-refractivity contribution in [2.75, 3.05) is 0 Å². The fraction of sp³-hybridized carbons (Fsp3) is 0.286. The van der Waals surface area contributed by atoms with Gasteiger partial charge in [-0.2, -0.15) is 5.10 Å². The summed E-state index contributed by atoms with van der Waals surface area (Å²) in [6, 6.07) is 5.97. The number of pyridine rings is 1. The number of hydrogen-bond donors (Lipinski definition) is 0. The van der Waals surface area contributed by atoms with Gasteiger partial charge in [0.05, 0.1) is 6.20 Å². The van der Waals surface area contributed by atoms with Gasteiger partial charge in [0, 0.05) is 49.4 Å². The number of nitrogens with zero attached hydrogens (tertiary/aromatic N) is 6. The topological polar surface area (TPSA) is 61.4 Å². The lowest BCUT2D eigenvalue weighted by molar-refractivity contribution is 0.626. The molecule has 6 nitrogen and oxygen atoms in total. The smallest absolute Gasteiger partial charge is 0.191 e. The monoisotopic (exact) mass is 300 g/mol. The summed E-state index contributed by atoms with van der Waals surface area (Å²) in [4.78, 5) is 4.33. The van der Waals surface area contributed by atoms with Gasteiger partial charge in [0.1, 0.15) is 6.33 Å². The third-order valence-corrected chi connectivity index (χ3v) is 4.09. The summed E-state index contributed by atoms with van der Waals surface area (Å²) in [5, 5.41) is 13.3. The molecule has 0 aliphatic rings. The molecule has 21 heavy (non-hydrogen) atoms. The van der Waals surface area contributed by atoms with Crippen LogP contribution in [0.4, 0.5) is 0 Å². The molecule has 0 aliphatic heterocycles. The Bertz CT molecular complexity index is 690. The van der Waals surface area contributed by atoms with Gasteiger partial charge >= 0.3 is 0 Å². The highest BCUT2D eigenvalue weighted by Crippen LogP contribution is 2.20. The molecule has 7 heteroatoms. The zero-order chi connectivity index (χ0) is 14.5. The van der Waals surface area contributed by atoms with Crippen LogP contribution in [0.25, 0.3) is 0 Å². The van der Waals surface area contributed by atoms with Gasteiger partial charge in [-0.15, -0.1) is 10.2 Å². The van der Waals surface area contributed by atoms with Crippen LogP contribution in [0, 0.1) is 0 Å². The number of thioether (sulfide) groups is 1. The summed E-state index contributed by atoms with van der Waals surface area (Å²) in [5.41, 5.74) is 2.26. The minimum atomic E-state index is 0.833. The molecule has 0 unspecified atom stereocenters. The highest BCUT2D eigenvalue weighted by Gasteiger charge is 2.07. The molecule has 0 saturated heterocycles. The lowest BCUT2D eigenvalue weighted by atomic mass is 10.3.